The maximum absolute atomic E-state index is 12.9. The van der Waals surface area contributed by atoms with Gasteiger partial charge in [0.1, 0.15) is 12.4 Å². The molecule has 2 amide bonds. The van der Waals surface area contributed by atoms with Crippen LogP contribution in [0.25, 0.3) is 16.8 Å². The number of ether oxygens (including phenoxy) is 1. The molecule has 0 bridgehead atoms. The van der Waals surface area contributed by atoms with Gasteiger partial charge in [0.15, 0.2) is 0 Å². The minimum absolute atomic E-state index is 0.297. The first kappa shape index (κ1) is 22.7. The summed E-state index contributed by atoms with van der Waals surface area (Å²) in [6, 6.07) is 29.2. The van der Waals surface area contributed by atoms with Crippen LogP contribution < -0.4 is 9.64 Å². The Kier molecular flexibility index (Phi) is 6.51. The van der Waals surface area contributed by atoms with Crippen molar-refractivity contribution < 1.29 is 14.3 Å². The summed E-state index contributed by atoms with van der Waals surface area (Å²) >= 11 is 0.951. The maximum Gasteiger partial charge on any atom is 0.298 e. The van der Waals surface area contributed by atoms with Crippen LogP contribution in [0.1, 0.15) is 16.7 Å². The van der Waals surface area contributed by atoms with Crippen LogP contribution >= 0.6 is 11.8 Å². The van der Waals surface area contributed by atoms with Crippen molar-refractivity contribution >= 4 is 45.4 Å². The monoisotopic (exact) mass is 477 g/mol. The summed E-state index contributed by atoms with van der Waals surface area (Å²) in [4.78, 5) is 27.1. The first-order chi connectivity index (χ1) is 17.1. The minimum atomic E-state index is -0.312. The van der Waals surface area contributed by atoms with Crippen molar-refractivity contribution in [2.24, 2.45) is 0 Å². The van der Waals surface area contributed by atoms with E-state index in [0.29, 0.717) is 23.6 Å². The molecule has 0 N–H and O–H groups in total. The van der Waals surface area contributed by atoms with E-state index >= 15 is 0 Å². The lowest BCUT2D eigenvalue weighted by Gasteiger charge is -2.13. The highest BCUT2D eigenvalue weighted by Crippen LogP contribution is 2.36. The molecule has 0 spiro atoms. The molecule has 1 aliphatic heterocycles. The number of amides is 2. The van der Waals surface area contributed by atoms with Gasteiger partial charge in [-0.05, 0) is 76.0 Å². The van der Waals surface area contributed by atoms with Crippen LogP contribution in [0, 0.1) is 0 Å². The summed E-state index contributed by atoms with van der Waals surface area (Å²) in [5.41, 5.74) is 3.49. The van der Waals surface area contributed by atoms with Crippen molar-refractivity contribution in [2.45, 2.75) is 13.0 Å². The summed E-state index contributed by atoms with van der Waals surface area (Å²) in [7, 11) is 0. The number of benzene rings is 4. The van der Waals surface area contributed by atoms with Crippen molar-refractivity contribution in [1.82, 2.24) is 0 Å². The number of anilines is 1. The number of carbonyl (C=O) groups excluding carboxylic acids is 2. The molecule has 172 valence electrons. The van der Waals surface area contributed by atoms with Crippen molar-refractivity contribution in [3.05, 3.63) is 125 Å². The van der Waals surface area contributed by atoms with Crippen LogP contribution in [-0.2, 0) is 17.8 Å². The quantitative estimate of drug-likeness (QED) is 0.206. The van der Waals surface area contributed by atoms with Crippen molar-refractivity contribution in [2.75, 3.05) is 4.90 Å². The molecular weight excluding hydrogens is 454 g/mol. The lowest BCUT2D eigenvalue weighted by Crippen LogP contribution is -2.27. The van der Waals surface area contributed by atoms with Gasteiger partial charge in [-0.25, -0.2) is 4.90 Å². The Morgan fingerprint density at radius 2 is 1.63 bits per heavy atom. The molecule has 0 unspecified atom stereocenters. The van der Waals surface area contributed by atoms with Gasteiger partial charge in [0, 0.05) is 0 Å². The maximum atomic E-state index is 12.9. The van der Waals surface area contributed by atoms with E-state index in [0.717, 1.165) is 34.2 Å². The first-order valence-electron chi connectivity index (χ1n) is 11.3. The zero-order chi connectivity index (χ0) is 24.2. The van der Waals surface area contributed by atoms with Crippen LogP contribution in [0.2, 0.25) is 0 Å². The van der Waals surface area contributed by atoms with Crippen LogP contribution in [0.3, 0.4) is 0 Å². The molecule has 0 aromatic heterocycles. The number of imide groups is 1. The number of hydrogen-bond donors (Lipinski definition) is 0. The summed E-state index contributed by atoms with van der Waals surface area (Å²) in [5.74, 6) is 0.458. The van der Waals surface area contributed by atoms with E-state index in [4.69, 9.17) is 4.74 Å². The molecule has 0 saturated carbocycles. The van der Waals surface area contributed by atoms with E-state index < -0.39 is 0 Å². The van der Waals surface area contributed by atoms with Crippen molar-refractivity contribution in [3.63, 3.8) is 0 Å². The molecule has 4 nitrogen and oxygen atoms in total. The third-order valence-electron chi connectivity index (χ3n) is 5.82. The van der Waals surface area contributed by atoms with Crippen molar-refractivity contribution in [1.29, 1.82) is 0 Å². The zero-order valence-electron chi connectivity index (χ0n) is 19.0. The fourth-order valence-corrected chi connectivity index (χ4v) is 4.98. The highest BCUT2D eigenvalue weighted by molar-refractivity contribution is 8.19. The second-order valence-electron chi connectivity index (χ2n) is 8.14. The number of allylic oxidation sites excluding steroid dienone is 1. The minimum Gasteiger partial charge on any atom is -0.489 e. The highest BCUT2D eigenvalue weighted by atomic mass is 32.2. The van der Waals surface area contributed by atoms with E-state index in [-0.39, 0.29) is 11.1 Å². The van der Waals surface area contributed by atoms with E-state index in [1.165, 1.54) is 15.7 Å². The number of hydrogen-bond acceptors (Lipinski definition) is 4. The number of thioether (sulfide) groups is 1. The summed E-state index contributed by atoms with van der Waals surface area (Å²) in [5, 5.41) is 2.06. The van der Waals surface area contributed by atoms with Crippen LogP contribution in [0.4, 0.5) is 10.5 Å². The average molecular weight is 478 g/mol. The molecule has 0 atom stereocenters. The predicted molar refractivity (Wildman–Crippen MR) is 144 cm³/mol. The molecule has 0 radical (unpaired) electrons. The van der Waals surface area contributed by atoms with E-state index in [2.05, 4.69) is 30.8 Å². The average Bonchev–Trinajstić information content (AvgIpc) is 3.16. The van der Waals surface area contributed by atoms with Gasteiger partial charge in [0.05, 0.1) is 10.6 Å². The van der Waals surface area contributed by atoms with Crippen LogP contribution in [0.5, 0.6) is 5.75 Å². The third kappa shape index (κ3) is 4.77. The second kappa shape index (κ2) is 10.0. The number of para-hydroxylation sites is 1. The van der Waals surface area contributed by atoms with Gasteiger partial charge in [-0.2, -0.15) is 0 Å². The van der Waals surface area contributed by atoms with Crippen LogP contribution in [0.15, 0.2) is 109 Å². The van der Waals surface area contributed by atoms with Gasteiger partial charge < -0.3 is 4.74 Å². The van der Waals surface area contributed by atoms with Gasteiger partial charge in [-0.3, -0.25) is 9.59 Å². The van der Waals surface area contributed by atoms with Gasteiger partial charge in [-0.15, -0.1) is 6.58 Å². The largest absolute Gasteiger partial charge is 0.489 e. The molecule has 4 aromatic rings. The third-order valence-corrected chi connectivity index (χ3v) is 6.69. The van der Waals surface area contributed by atoms with E-state index in [1.54, 1.807) is 30.3 Å². The SMILES string of the molecule is C=CCc1cc(/C=C2\SC(=O)N(c3ccccc3)C2=O)ccc1OCc1cccc2ccccc12. The molecule has 1 heterocycles. The van der Waals surface area contributed by atoms with Gasteiger partial charge in [0.2, 0.25) is 0 Å². The van der Waals surface area contributed by atoms with Gasteiger partial charge in [-0.1, -0.05) is 72.8 Å². The smallest absolute Gasteiger partial charge is 0.298 e. The Morgan fingerprint density at radius 3 is 2.46 bits per heavy atom. The number of nitrogens with zero attached hydrogens (tertiary/aromatic N) is 1. The standard InChI is InChI=1S/C30H23NO3S/c1-2-9-23-18-21(19-28-29(32)31(30(33)35-28)25-13-4-3-5-14-25)16-17-27(23)34-20-24-12-8-11-22-10-6-7-15-26(22)24/h2-8,10-19H,1,9,20H2/b28-19-. The fourth-order valence-electron chi connectivity index (χ4n) is 4.14. The molecule has 1 fully saturated rings. The summed E-state index contributed by atoms with van der Waals surface area (Å²) < 4.78 is 6.22. The predicted octanol–water partition coefficient (Wildman–Crippen LogP) is 7.39. The molecule has 1 aliphatic rings. The Bertz CT molecular complexity index is 1450. The molecule has 4 aromatic carbocycles. The van der Waals surface area contributed by atoms with Gasteiger partial charge in [0.25, 0.3) is 11.1 Å². The Morgan fingerprint density at radius 1 is 0.857 bits per heavy atom. The first-order valence-corrected chi connectivity index (χ1v) is 12.1. The van der Waals surface area contributed by atoms with E-state index in [9.17, 15) is 9.59 Å². The molecule has 5 rings (SSSR count). The van der Waals surface area contributed by atoms with Gasteiger partial charge >= 0.3 is 0 Å². The van der Waals surface area contributed by atoms with Crippen molar-refractivity contribution in [3.8, 4) is 5.75 Å². The molecule has 0 aliphatic carbocycles. The van der Waals surface area contributed by atoms with Crippen LogP contribution in [-0.4, -0.2) is 11.1 Å². The summed E-state index contributed by atoms with van der Waals surface area (Å²) in [6.07, 6.45) is 4.21. The topological polar surface area (TPSA) is 46.6 Å². The Hall–Kier alpha value is -4.09. The molecule has 35 heavy (non-hydrogen) atoms. The highest BCUT2D eigenvalue weighted by Gasteiger charge is 2.36. The second-order valence-corrected chi connectivity index (χ2v) is 9.13. The zero-order valence-corrected chi connectivity index (χ0v) is 19.8. The number of carbonyl (C=O) groups is 2. The Balaban J connectivity index is 1.38. The fraction of sp³-hybridized carbons (Fsp3) is 0.0667. The lowest BCUT2D eigenvalue weighted by molar-refractivity contribution is -0.113. The number of fused-ring (bicyclic) bond motifs is 1. The molecular formula is C30H23NO3S. The normalized spacial score (nSPS) is 14.6. The number of rotatable bonds is 7. The van der Waals surface area contributed by atoms with E-state index in [1.807, 2.05) is 48.5 Å². The lowest BCUT2D eigenvalue weighted by atomic mass is 10.0. The molecule has 1 saturated heterocycles. The molecule has 5 heteroatoms. The Labute approximate surface area is 208 Å². The summed E-state index contributed by atoms with van der Waals surface area (Å²) in [6.45, 7) is 4.32.